The predicted molar refractivity (Wildman–Crippen MR) is 105 cm³/mol. The lowest BCUT2D eigenvalue weighted by molar-refractivity contribution is 0.101. The van der Waals surface area contributed by atoms with Gasteiger partial charge in [-0.1, -0.05) is 29.8 Å². The zero-order valence-electron chi connectivity index (χ0n) is 15.7. The van der Waals surface area contributed by atoms with Crippen LogP contribution in [0.25, 0.3) is 0 Å². The lowest BCUT2D eigenvalue weighted by Crippen LogP contribution is -2.19. The van der Waals surface area contributed by atoms with E-state index in [1.165, 1.54) is 5.56 Å². The Balaban J connectivity index is 1.60. The number of hydrogen-bond acceptors (Lipinski definition) is 3. The zero-order valence-corrected chi connectivity index (χ0v) is 15.7. The molecule has 138 valence electrons. The maximum atomic E-state index is 13.0. The van der Waals surface area contributed by atoms with Crippen LogP contribution in [0.5, 0.6) is 11.5 Å². The van der Waals surface area contributed by atoms with Crippen LogP contribution in [-0.4, -0.2) is 17.3 Å². The molecule has 0 bridgehead atoms. The molecule has 4 rings (SSSR count). The number of anilines is 1. The van der Waals surface area contributed by atoms with E-state index in [2.05, 4.69) is 41.1 Å². The molecule has 5 heteroatoms. The molecule has 1 amide bonds. The van der Waals surface area contributed by atoms with Gasteiger partial charge in [0.25, 0.3) is 5.91 Å². The highest BCUT2D eigenvalue weighted by Crippen LogP contribution is 2.34. The van der Waals surface area contributed by atoms with E-state index >= 15 is 0 Å². The van der Waals surface area contributed by atoms with Crippen LogP contribution in [-0.2, 0) is 6.54 Å². The molecule has 2 aromatic carbocycles. The summed E-state index contributed by atoms with van der Waals surface area (Å²) in [5.74, 6) is 1.21. The van der Waals surface area contributed by atoms with Crippen molar-refractivity contribution in [2.45, 2.75) is 27.3 Å². The number of aromatic nitrogens is 1. The fourth-order valence-electron chi connectivity index (χ4n) is 3.39. The summed E-state index contributed by atoms with van der Waals surface area (Å²) in [4.78, 5) is 13.0. The Morgan fingerprint density at radius 2 is 1.74 bits per heavy atom. The minimum absolute atomic E-state index is 0.133. The van der Waals surface area contributed by atoms with E-state index < -0.39 is 0 Å². The summed E-state index contributed by atoms with van der Waals surface area (Å²) < 4.78 is 12.8. The van der Waals surface area contributed by atoms with E-state index in [0.29, 0.717) is 29.4 Å². The molecule has 0 radical (unpaired) electrons. The molecular weight excluding hydrogens is 340 g/mol. The van der Waals surface area contributed by atoms with Crippen molar-refractivity contribution in [2.24, 2.45) is 0 Å². The number of hydrogen-bond donors (Lipinski definition) is 1. The summed E-state index contributed by atoms with van der Waals surface area (Å²) in [5.41, 5.74) is 5.76. The van der Waals surface area contributed by atoms with E-state index in [1.807, 2.05) is 26.0 Å². The molecule has 27 heavy (non-hydrogen) atoms. The molecule has 0 fully saturated rings. The average molecular weight is 362 g/mol. The van der Waals surface area contributed by atoms with Gasteiger partial charge in [-0.2, -0.15) is 0 Å². The van der Waals surface area contributed by atoms with Gasteiger partial charge in [0.2, 0.25) is 6.79 Å². The second-order valence-electron chi connectivity index (χ2n) is 6.91. The van der Waals surface area contributed by atoms with E-state index in [9.17, 15) is 4.79 Å². The quantitative estimate of drug-likeness (QED) is 0.746. The summed E-state index contributed by atoms with van der Waals surface area (Å²) in [6.07, 6.45) is 0. The first kappa shape index (κ1) is 17.2. The first-order chi connectivity index (χ1) is 13.0. The summed E-state index contributed by atoms with van der Waals surface area (Å²) in [5, 5.41) is 2.98. The lowest BCUT2D eigenvalue weighted by Gasteiger charge is -2.13. The predicted octanol–water partition coefficient (Wildman–Crippen LogP) is 4.44. The fourth-order valence-corrected chi connectivity index (χ4v) is 3.39. The van der Waals surface area contributed by atoms with Crippen molar-refractivity contribution in [3.63, 3.8) is 0 Å². The van der Waals surface area contributed by atoms with Crippen LogP contribution in [0.2, 0.25) is 0 Å². The Bertz CT molecular complexity index is 1000. The maximum Gasteiger partial charge on any atom is 0.272 e. The number of nitrogens with zero attached hydrogens (tertiary/aromatic N) is 1. The van der Waals surface area contributed by atoms with E-state index in [1.54, 1.807) is 12.1 Å². The highest BCUT2D eigenvalue weighted by molar-refractivity contribution is 6.04. The average Bonchev–Trinajstić information content (AvgIpc) is 3.20. The highest BCUT2D eigenvalue weighted by Gasteiger charge is 2.19. The standard InChI is InChI=1S/C22H22N2O3/c1-14-4-6-17(7-5-14)12-24-16(3)10-15(2)21(24)22(25)23-18-8-9-19-20(11-18)27-13-26-19/h4-11H,12-13H2,1-3H3,(H,23,25). The molecule has 1 aliphatic heterocycles. The van der Waals surface area contributed by atoms with Crippen LogP contribution in [0.15, 0.2) is 48.5 Å². The van der Waals surface area contributed by atoms with Crippen LogP contribution in [0.1, 0.15) is 32.9 Å². The molecule has 0 saturated heterocycles. The van der Waals surface area contributed by atoms with Gasteiger partial charge in [-0.25, -0.2) is 0 Å². The molecule has 0 atom stereocenters. The number of carbonyl (C=O) groups is 1. The third-order valence-electron chi connectivity index (χ3n) is 4.80. The second kappa shape index (κ2) is 6.83. The summed E-state index contributed by atoms with van der Waals surface area (Å²) in [6, 6.07) is 15.8. The molecule has 0 unspecified atom stereocenters. The Hall–Kier alpha value is -3.21. The van der Waals surface area contributed by atoms with Crippen molar-refractivity contribution < 1.29 is 14.3 Å². The van der Waals surface area contributed by atoms with E-state index in [0.717, 1.165) is 16.8 Å². The number of fused-ring (bicyclic) bond motifs is 1. The van der Waals surface area contributed by atoms with Crippen LogP contribution in [0, 0.1) is 20.8 Å². The van der Waals surface area contributed by atoms with Gasteiger partial charge in [-0.05, 0) is 50.1 Å². The number of ether oxygens (including phenoxy) is 2. The number of amides is 1. The first-order valence-corrected chi connectivity index (χ1v) is 8.94. The van der Waals surface area contributed by atoms with Crippen molar-refractivity contribution in [2.75, 3.05) is 12.1 Å². The Morgan fingerprint density at radius 1 is 1.00 bits per heavy atom. The van der Waals surface area contributed by atoms with Crippen LogP contribution >= 0.6 is 0 Å². The number of aryl methyl sites for hydroxylation is 3. The SMILES string of the molecule is Cc1ccc(Cn2c(C)cc(C)c2C(=O)Nc2ccc3c(c2)OCO3)cc1. The lowest BCUT2D eigenvalue weighted by atomic mass is 10.1. The largest absolute Gasteiger partial charge is 0.454 e. The van der Waals surface area contributed by atoms with Crippen molar-refractivity contribution in [3.8, 4) is 11.5 Å². The number of benzene rings is 2. The summed E-state index contributed by atoms with van der Waals surface area (Å²) in [6.45, 7) is 6.93. The molecule has 1 aliphatic rings. The van der Waals surface area contributed by atoms with Gasteiger partial charge in [-0.15, -0.1) is 0 Å². The van der Waals surface area contributed by atoms with Gasteiger partial charge in [0, 0.05) is 24.0 Å². The normalized spacial score (nSPS) is 12.3. The summed E-state index contributed by atoms with van der Waals surface area (Å²) >= 11 is 0. The van der Waals surface area contributed by atoms with Gasteiger partial charge >= 0.3 is 0 Å². The van der Waals surface area contributed by atoms with Gasteiger partial charge in [-0.3, -0.25) is 4.79 Å². The molecule has 0 aliphatic carbocycles. The van der Waals surface area contributed by atoms with E-state index in [-0.39, 0.29) is 12.7 Å². The van der Waals surface area contributed by atoms with Crippen molar-refractivity contribution >= 4 is 11.6 Å². The smallest absolute Gasteiger partial charge is 0.272 e. The van der Waals surface area contributed by atoms with Gasteiger partial charge in [0.1, 0.15) is 5.69 Å². The monoisotopic (exact) mass is 362 g/mol. The van der Waals surface area contributed by atoms with Crippen LogP contribution in [0.3, 0.4) is 0 Å². The second-order valence-corrected chi connectivity index (χ2v) is 6.91. The molecule has 2 heterocycles. The van der Waals surface area contributed by atoms with Gasteiger partial charge in [0.15, 0.2) is 11.5 Å². The highest BCUT2D eigenvalue weighted by atomic mass is 16.7. The third kappa shape index (κ3) is 3.40. The molecule has 0 saturated carbocycles. The third-order valence-corrected chi connectivity index (χ3v) is 4.80. The van der Waals surface area contributed by atoms with Crippen LogP contribution < -0.4 is 14.8 Å². The van der Waals surface area contributed by atoms with E-state index in [4.69, 9.17) is 9.47 Å². The molecule has 1 N–H and O–H groups in total. The number of carbonyl (C=O) groups excluding carboxylic acids is 1. The molecule has 1 aromatic heterocycles. The molecule has 5 nitrogen and oxygen atoms in total. The maximum absolute atomic E-state index is 13.0. The van der Waals surface area contributed by atoms with Gasteiger partial charge in [0.05, 0.1) is 0 Å². The minimum Gasteiger partial charge on any atom is -0.454 e. The minimum atomic E-state index is -0.133. The Morgan fingerprint density at radius 3 is 2.52 bits per heavy atom. The van der Waals surface area contributed by atoms with Crippen LogP contribution in [0.4, 0.5) is 5.69 Å². The first-order valence-electron chi connectivity index (χ1n) is 8.94. The topological polar surface area (TPSA) is 52.5 Å². The number of nitrogens with one attached hydrogen (secondary N) is 1. The fraction of sp³-hybridized carbons (Fsp3) is 0.227. The Kier molecular flexibility index (Phi) is 4.36. The van der Waals surface area contributed by atoms with Crippen molar-refractivity contribution in [1.82, 2.24) is 4.57 Å². The molecular formula is C22H22N2O3. The zero-order chi connectivity index (χ0) is 19.0. The molecule has 0 spiro atoms. The van der Waals surface area contributed by atoms with Crippen molar-refractivity contribution in [1.29, 1.82) is 0 Å². The summed E-state index contributed by atoms with van der Waals surface area (Å²) in [7, 11) is 0. The molecule has 3 aromatic rings. The Labute approximate surface area is 158 Å². The van der Waals surface area contributed by atoms with Gasteiger partial charge < -0.3 is 19.4 Å². The number of rotatable bonds is 4. The van der Waals surface area contributed by atoms with Crippen molar-refractivity contribution in [3.05, 3.63) is 76.6 Å².